The summed E-state index contributed by atoms with van der Waals surface area (Å²) in [5, 5.41) is 18.3. The summed E-state index contributed by atoms with van der Waals surface area (Å²) in [5.41, 5.74) is 0. The normalized spacial score (nSPS) is 38.6. The first-order valence-corrected chi connectivity index (χ1v) is 13.2. The molecule has 4 aliphatic rings. The van der Waals surface area contributed by atoms with E-state index in [1.807, 2.05) is 24.3 Å². The lowest BCUT2D eigenvalue weighted by atomic mass is 9.97. The third-order valence-corrected chi connectivity index (χ3v) is 9.41. The first-order valence-electron chi connectivity index (χ1n) is 11.6. The molecular weight excluding hydrogens is 416 g/mol. The van der Waals surface area contributed by atoms with Gasteiger partial charge in [-0.3, -0.25) is 0 Å². The van der Waals surface area contributed by atoms with Gasteiger partial charge in [0.1, 0.15) is 5.76 Å². The Kier molecular flexibility index (Phi) is 7.37. The molecule has 0 aliphatic heterocycles. The van der Waals surface area contributed by atoms with Gasteiger partial charge in [-0.15, -0.1) is 0 Å². The molecule has 0 radical (unpaired) electrons. The molecule has 0 saturated heterocycles. The lowest BCUT2D eigenvalue weighted by molar-refractivity contribution is 0.0174. The van der Waals surface area contributed by atoms with Gasteiger partial charge >= 0.3 is 0 Å². The van der Waals surface area contributed by atoms with Crippen molar-refractivity contribution in [1.29, 1.82) is 0 Å². The highest BCUT2D eigenvalue weighted by atomic mass is 32.2. The van der Waals surface area contributed by atoms with Gasteiger partial charge in [0.15, 0.2) is 9.84 Å². The maximum Gasteiger partial charge on any atom is 0.159 e. The fourth-order valence-electron chi connectivity index (χ4n) is 4.87. The smallest absolute Gasteiger partial charge is 0.159 e. The summed E-state index contributed by atoms with van der Waals surface area (Å²) in [6.07, 6.45) is 18.1. The summed E-state index contributed by atoms with van der Waals surface area (Å²) in [6.45, 7) is 0. The fourth-order valence-corrected chi connectivity index (χ4v) is 7.07. The number of sulfone groups is 1. The Morgan fingerprint density at radius 3 is 2.06 bits per heavy atom. The van der Waals surface area contributed by atoms with Crippen molar-refractivity contribution in [2.45, 2.75) is 98.8 Å². The van der Waals surface area contributed by atoms with E-state index in [1.54, 1.807) is 18.2 Å². The number of ether oxygens (including phenoxy) is 2. The molecule has 4 aliphatic carbocycles. The lowest BCUT2D eigenvalue weighted by Gasteiger charge is -2.33. The number of rotatable bonds is 6. The Morgan fingerprint density at radius 1 is 0.774 bits per heavy atom. The van der Waals surface area contributed by atoms with Crippen LogP contribution in [-0.4, -0.2) is 59.7 Å². The van der Waals surface area contributed by atoms with Crippen LogP contribution in [0, 0.1) is 0 Å². The standard InChI is InChI=1S/C24H34O6S/c25-17-1-5-19(6-2-17)29-21-9-13-23(14-10-21)31(27,28)24-15-11-22(12-16-24)30-20-7-3-18(26)4-8-20/h1,3,5-7,11,15,17-18,20-26H,2,4,8-10,12-14,16H2. The Morgan fingerprint density at radius 2 is 1.48 bits per heavy atom. The maximum absolute atomic E-state index is 13.2. The average molecular weight is 451 g/mol. The quantitative estimate of drug-likeness (QED) is 0.604. The van der Waals surface area contributed by atoms with Crippen molar-refractivity contribution in [1.82, 2.24) is 0 Å². The van der Waals surface area contributed by atoms with Crippen molar-refractivity contribution in [3.63, 3.8) is 0 Å². The van der Waals surface area contributed by atoms with Crippen LogP contribution in [0.25, 0.3) is 0 Å². The van der Waals surface area contributed by atoms with Crippen molar-refractivity contribution >= 4 is 9.84 Å². The Bertz CT molecular complexity index is 834. The van der Waals surface area contributed by atoms with Gasteiger partial charge in [-0.25, -0.2) is 8.42 Å². The topological polar surface area (TPSA) is 93.1 Å². The lowest BCUT2D eigenvalue weighted by Crippen LogP contribution is -2.37. The Balaban J connectivity index is 1.25. The maximum atomic E-state index is 13.2. The molecule has 0 bridgehead atoms. The van der Waals surface area contributed by atoms with Crippen LogP contribution in [0.4, 0.5) is 0 Å². The number of aliphatic hydroxyl groups excluding tert-OH is 2. The van der Waals surface area contributed by atoms with Gasteiger partial charge < -0.3 is 19.7 Å². The van der Waals surface area contributed by atoms with Crippen LogP contribution in [0.3, 0.4) is 0 Å². The molecule has 0 amide bonds. The molecule has 5 unspecified atom stereocenters. The van der Waals surface area contributed by atoms with Crippen molar-refractivity contribution in [2.24, 2.45) is 0 Å². The van der Waals surface area contributed by atoms with E-state index in [9.17, 15) is 18.6 Å². The van der Waals surface area contributed by atoms with E-state index in [0.29, 0.717) is 38.5 Å². The second-order valence-electron chi connectivity index (χ2n) is 9.12. The van der Waals surface area contributed by atoms with Gasteiger partial charge in [0.05, 0.1) is 41.0 Å². The molecule has 7 heteroatoms. The molecule has 0 aromatic carbocycles. The minimum Gasteiger partial charge on any atom is -0.491 e. The van der Waals surface area contributed by atoms with Crippen LogP contribution in [0.15, 0.2) is 48.3 Å². The van der Waals surface area contributed by atoms with Crippen molar-refractivity contribution in [2.75, 3.05) is 0 Å². The molecule has 4 rings (SSSR count). The molecule has 31 heavy (non-hydrogen) atoms. The molecule has 5 atom stereocenters. The third kappa shape index (κ3) is 5.89. The molecule has 0 aromatic rings. The Hall–Kier alpha value is -1.41. The van der Waals surface area contributed by atoms with E-state index in [0.717, 1.165) is 25.0 Å². The number of hydrogen-bond acceptors (Lipinski definition) is 6. The monoisotopic (exact) mass is 450 g/mol. The van der Waals surface area contributed by atoms with Crippen molar-refractivity contribution < 1.29 is 28.1 Å². The third-order valence-electron chi connectivity index (χ3n) is 6.77. The second-order valence-corrected chi connectivity index (χ2v) is 11.6. The largest absolute Gasteiger partial charge is 0.491 e. The second kappa shape index (κ2) is 10.0. The summed E-state index contributed by atoms with van der Waals surface area (Å²) in [4.78, 5) is 0. The molecule has 1 saturated carbocycles. The van der Waals surface area contributed by atoms with E-state index in [4.69, 9.17) is 9.47 Å². The van der Waals surface area contributed by atoms with E-state index < -0.39 is 21.2 Å². The van der Waals surface area contributed by atoms with E-state index in [-0.39, 0.29) is 29.7 Å². The fraction of sp³-hybridized carbons (Fsp3) is 0.667. The molecular formula is C24H34O6S. The number of aliphatic hydroxyl groups is 2. The molecule has 0 aromatic heterocycles. The van der Waals surface area contributed by atoms with Crippen molar-refractivity contribution in [3.05, 3.63) is 48.3 Å². The minimum absolute atomic E-state index is 0.00104. The van der Waals surface area contributed by atoms with E-state index in [2.05, 4.69) is 0 Å². The van der Waals surface area contributed by atoms with Crippen LogP contribution in [0.2, 0.25) is 0 Å². The Labute approximate surface area is 185 Å². The zero-order valence-corrected chi connectivity index (χ0v) is 18.7. The van der Waals surface area contributed by atoms with E-state index in [1.165, 1.54) is 0 Å². The molecule has 172 valence electrons. The van der Waals surface area contributed by atoms with Gasteiger partial charge in [-0.05, 0) is 69.9 Å². The van der Waals surface area contributed by atoms with Crippen LogP contribution < -0.4 is 0 Å². The highest BCUT2D eigenvalue weighted by Gasteiger charge is 2.37. The summed E-state index contributed by atoms with van der Waals surface area (Å²) >= 11 is 0. The van der Waals surface area contributed by atoms with Gasteiger partial charge in [0.25, 0.3) is 0 Å². The first kappa shape index (κ1) is 22.8. The van der Waals surface area contributed by atoms with Crippen LogP contribution >= 0.6 is 0 Å². The first-order chi connectivity index (χ1) is 14.9. The summed E-state index contributed by atoms with van der Waals surface area (Å²) in [7, 11) is -3.22. The van der Waals surface area contributed by atoms with Gasteiger partial charge in [0.2, 0.25) is 0 Å². The number of hydrogen-bond donors (Lipinski definition) is 2. The van der Waals surface area contributed by atoms with Gasteiger partial charge in [-0.2, -0.15) is 0 Å². The summed E-state index contributed by atoms with van der Waals surface area (Å²) in [6, 6.07) is 0. The van der Waals surface area contributed by atoms with Crippen LogP contribution in [0.1, 0.15) is 57.8 Å². The zero-order chi connectivity index (χ0) is 21.8. The zero-order valence-electron chi connectivity index (χ0n) is 17.9. The van der Waals surface area contributed by atoms with Gasteiger partial charge in [0, 0.05) is 0 Å². The molecule has 0 spiro atoms. The minimum atomic E-state index is -3.22. The van der Waals surface area contributed by atoms with Gasteiger partial charge in [-0.1, -0.05) is 30.4 Å². The predicted octanol–water partition coefficient (Wildman–Crippen LogP) is 3.12. The van der Waals surface area contributed by atoms with Crippen LogP contribution in [0.5, 0.6) is 0 Å². The predicted molar refractivity (Wildman–Crippen MR) is 119 cm³/mol. The highest BCUT2D eigenvalue weighted by Crippen LogP contribution is 2.33. The molecule has 6 nitrogen and oxygen atoms in total. The van der Waals surface area contributed by atoms with Crippen molar-refractivity contribution in [3.8, 4) is 0 Å². The highest BCUT2D eigenvalue weighted by molar-refractivity contribution is 7.92. The average Bonchev–Trinajstić information content (AvgIpc) is 2.78. The summed E-state index contributed by atoms with van der Waals surface area (Å²) < 4.78 is 38.4. The number of allylic oxidation sites excluding steroid dienone is 1. The van der Waals surface area contributed by atoms with E-state index >= 15 is 0 Å². The molecule has 2 N–H and O–H groups in total. The SMILES string of the molecule is O=S(=O)(C1C=CC(OC2C=CC(O)CC2)CC1)C1CCC(OC2=CCC(O)C=C2)CC1. The summed E-state index contributed by atoms with van der Waals surface area (Å²) in [5.74, 6) is 0.778. The molecule has 0 heterocycles. The van der Waals surface area contributed by atoms with Crippen LogP contribution in [-0.2, 0) is 19.3 Å². The molecule has 1 fully saturated rings.